The summed E-state index contributed by atoms with van der Waals surface area (Å²) in [6.45, 7) is 0.535. The summed E-state index contributed by atoms with van der Waals surface area (Å²) in [5.41, 5.74) is 5.82. The Bertz CT molecular complexity index is 2360. The van der Waals surface area contributed by atoms with Crippen LogP contribution in [0, 0.1) is 5.92 Å². The molecule has 7 nitrogen and oxygen atoms in total. The fraction of sp³-hybridized carbons (Fsp3) is 0.171. The van der Waals surface area contributed by atoms with E-state index in [1.807, 2.05) is 99.0 Å². The molecule has 3 aliphatic rings. The van der Waals surface area contributed by atoms with Gasteiger partial charge in [-0.2, -0.15) is 21.5 Å². The van der Waals surface area contributed by atoms with E-state index in [1.54, 1.807) is 12.1 Å². The number of allylic oxidation sites excluding steroid dienone is 1. The number of ketones is 1. The van der Waals surface area contributed by atoms with Gasteiger partial charge >= 0.3 is 0 Å². The summed E-state index contributed by atoms with van der Waals surface area (Å²) in [6.07, 6.45) is 2.38. The van der Waals surface area contributed by atoms with Crippen LogP contribution in [-0.4, -0.2) is 45.7 Å². The van der Waals surface area contributed by atoms with Crippen molar-refractivity contribution in [3.63, 3.8) is 0 Å². The Morgan fingerprint density at radius 3 is 2.24 bits per heavy atom. The van der Waals surface area contributed by atoms with Gasteiger partial charge in [-0.25, -0.2) is 8.42 Å². The minimum absolute atomic E-state index is 0.0158. The number of thiol groups is 1. The summed E-state index contributed by atoms with van der Waals surface area (Å²) >= 11 is 4.03. The summed E-state index contributed by atoms with van der Waals surface area (Å²) in [5, 5.41) is 3.17. The Morgan fingerprint density at radius 2 is 1.52 bits per heavy atom. The van der Waals surface area contributed by atoms with Gasteiger partial charge in [0.15, 0.2) is 5.78 Å². The highest BCUT2D eigenvalue weighted by molar-refractivity contribution is 7.89. The molecule has 1 saturated heterocycles. The normalized spacial score (nSPS) is 15.1. The van der Waals surface area contributed by atoms with Crippen LogP contribution in [0.2, 0.25) is 0 Å². The minimum Gasteiger partial charge on any atom is -0.456 e. The highest BCUT2D eigenvalue weighted by Gasteiger charge is 2.34. The third kappa shape index (κ3) is 6.40. The van der Waals surface area contributed by atoms with Crippen LogP contribution in [0.15, 0.2) is 142 Å². The average molecular weight is 701 g/mol. The van der Waals surface area contributed by atoms with Crippen LogP contribution in [0.25, 0.3) is 33.4 Å². The highest BCUT2D eigenvalue weighted by Crippen LogP contribution is 2.44. The number of piperidine rings is 1. The lowest BCUT2D eigenvalue weighted by atomic mass is 9.93. The molecule has 0 unspecified atom stereocenters. The summed E-state index contributed by atoms with van der Waals surface area (Å²) in [4.78, 5) is 14.8. The molecule has 0 atom stereocenters. The van der Waals surface area contributed by atoms with Crippen LogP contribution >= 0.6 is 12.6 Å². The summed E-state index contributed by atoms with van der Waals surface area (Å²) in [7, 11) is 0.112. The van der Waals surface area contributed by atoms with Gasteiger partial charge in [-0.3, -0.25) is 4.79 Å². The Balaban J connectivity index is 1.41. The Labute approximate surface area is 298 Å². The number of benzene rings is 5. The van der Waals surface area contributed by atoms with E-state index in [4.69, 9.17) is 4.42 Å². The lowest BCUT2D eigenvalue weighted by Gasteiger charge is -2.31. The van der Waals surface area contributed by atoms with Crippen molar-refractivity contribution in [2.45, 2.75) is 17.7 Å². The lowest BCUT2D eigenvalue weighted by Crippen LogP contribution is -2.40. The predicted octanol–water partition coefficient (Wildman–Crippen LogP) is 8.12. The molecule has 7 rings (SSSR count). The molecule has 4 aromatic rings. The first kappa shape index (κ1) is 33.5. The number of rotatable bonds is 8. The first-order valence-electron chi connectivity index (χ1n) is 16.6. The smallest absolute Gasteiger partial charge is 0.243 e. The van der Waals surface area contributed by atoms with Gasteiger partial charge < -0.3 is 9.32 Å². The Kier molecular flexibility index (Phi) is 9.46. The monoisotopic (exact) mass is 700 g/mol. The zero-order valence-corrected chi connectivity index (χ0v) is 29.6. The van der Waals surface area contributed by atoms with E-state index >= 15 is 0 Å². The van der Waals surface area contributed by atoms with Gasteiger partial charge in [0.05, 0.1) is 11.0 Å². The molecule has 9 heteroatoms. The minimum atomic E-state index is -3.91. The van der Waals surface area contributed by atoms with Crippen molar-refractivity contribution in [3.8, 4) is 22.5 Å². The van der Waals surface area contributed by atoms with E-state index in [2.05, 4.69) is 46.4 Å². The molecule has 0 spiro atoms. The van der Waals surface area contributed by atoms with Crippen LogP contribution < -0.4 is 14.8 Å². The molecule has 50 heavy (non-hydrogen) atoms. The molecule has 0 amide bonds. The number of carbonyl (C=O) groups is 1. The number of anilines is 2. The Hall–Kier alpha value is -4.96. The molecule has 0 aromatic heterocycles. The number of hydrogen-bond acceptors (Lipinski definition) is 6. The molecule has 0 bridgehead atoms. The average Bonchev–Trinajstić information content (AvgIpc) is 3.16. The maximum absolute atomic E-state index is 14.4. The molecule has 0 N–H and O–H groups in total. The molecule has 252 valence electrons. The number of carbonyl (C=O) groups excluding carboxylic acids is 1. The first-order chi connectivity index (χ1) is 24.3. The van der Waals surface area contributed by atoms with Crippen molar-refractivity contribution in [1.82, 2.24) is 8.88 Å². The van der Waals surface area contributed by atoms with E-state index in [9.17, 15) is 13.2 Å². The first-order valence-corrected chi connectivity index (χ1v) is 18.6. The van der Waals surface area contributed by atoms with Crippen molar-refractivity contribution >= 4 is 56.5 Å². The zero-order chi connectivity index (χ0) is 34.8. The fourth-order valence-electron chi connectivity index (χ4n) is 6.80. The number of fused-ring (bicyclic) bond motifs is 2. The number of para-hydroxylation sites is 2. The number of sulfonamides is 1. The van der Waals surface area contributed by atoms with Crippen LogP contribution in [0.3, 0.4) is 0 Å². The third-order valence-electron chi connectivity index (χ3n) is 9.62. The van der Waals surface area contributed by atoms with Crippen molar-refractivity contribution < 1.29 is 17.6 Å². The molecule has 4 aromatic carbocycles. The van der Waals surface area contributed by atoms with E-state index in [1.165, 1.54) is 15.8 Å². The molecular formula is C41H38N3O4S2+. The maximum atomic E-state index is 14.4. The van der Waals surface area contributed by atoms with Gasteiger partial charge in [0, 0.05) is 83.8 Å². The van der Waals surface area contributed by atoms with Crippen LogP contribution in [0.5, 0.6) is 0 Å². The van der Waals surface area contributed by atoms with Gasteiger partial charge in [0.2, 0.25) is 21.1 Å². The van der Waals surface area contributed by atoms with Crippen molar-refractivity contribution in [3.05, 3.63) is 138 Å². The zero-order valence-electron chi connectivity index (χ0n) is 27.9. The Morgan fingerprint density at radius 1 is 0.840 bits per heavy atom. The third-order valence-corrected chi connectivity index (χ3v) is 11.7. The van der Waals surface area contributed by atoms with Crippen LogP contribution in [0.4, 0.5) is 17.1 Å². The second-order valence-corrected chi connectivity index (χ2v) is 14.7. The summed E-state index contributed by atoms with van der Waals surface area (Å²) < 4.78 is 39.2. The van der Waals surface area contributed by atoms with E-state index in [-0.39, 0.29) is 29.7 Å². The van der Waals surface area contributed by atoms with Gasteiger partial charge in [-0.15, -0.1) is 0 Å². The topological polar surface area (TPSA) is 73.8 Å². The van der Waals surface area contributed by atoms with E-state index < -0.39 is 10.0 Å². The molecule has 1 aliphatic carbocycles. The maximum Gasteiger partial charge on any atom is 0.243 e. The van der Waals surface area contributed by atoms with Crippen molar-refractivity contribution in [2.75, 3.05) is 32.1 Å². The van der Waals surface area contributed by atoms with Crippen LogP contribution in [-0.2, 0) is 14.8 Å². The van der Waals surface area contributed by atoms with Gasteiger partial charge in [0.25, 0.3) is 0 Å². The molecule has 0 saturated carbocycles. The molecule has 1 fully saturated rings. The number of hydrogen-bond donors (Lipinski definition) is 1. The van der Waals surface area contributed by atoms with Gasteiger partial charge in [-0.1, -0.05) is 54.6 Å². The largest absolute Gasteiger partial charge is 0.456 e. The summed E-state index contributed by atoms with van der Waals surface area (Å²) in [5.74, 6) is 0.407. The molecule has 2 heterocycles. The van der Waals surface area contributed by atoms with Crippen LogP contribution in [0.1, 0.15) is 12.8 Å². The van der Waals surface area contributed by atoms with Gasteiger partial charge in [0.1, 0.15) is 18.4 Å². The van der Waals surface area contributed by atoms with Crippen molar-refractivity contribution in [2.24, 2.45) is 5.92 Å². The van der Waals surface area contributed by atoms with E-state index in [0.717, 1.165) is 38.9 Å². The van der Waals surface area contributed by atoms with Crippen molar-refractivity contribution in [1.29, 1.82) is 0 Å². The quantitative estimate of drug-likeness (QED) is 0.0752. The molecule has 2 aliphatic heterocycles. The summed E-state index contributed by atoms with van der Waals surface area (Å²) in [6, 6.07) is 39.5. The second kappa shape index (κ2) is 14.1. The molecule has 0 radical (unpaired) electrons. The van der Waals surface area contributed by atoms with Gasteiger partial charge in [-0.05, 0) is 60.7 Å². The lowest BCUT2D eigenvalue weighted by molar-refractivity contribution is -0.119. The fourth-order valence-corrected chi connectivity index (χ4v) is 8.62. The highest BCUT2D eigenvalue weighted by atomic mass is 32.2. The predicted molar refractivity (Wildman–Crippen MR) is 205 cm³/mol. The second-order valence-electron chi connectivity index (χ2n) is 12.5. The number of nitrogens with zero attached hydrogens (tertiary/aromatic N) is 3. The standard InChI is InChI=1S/C41H37N3O4S2/c1-42(30-11-5-3-6-12-30)32-17-19-34-38(27-32)48-39-28-33(43(2)31-13-7-4-8-14-31)18-20-35(39)41(34)36-15-9-10-16-40(36)50(46,47)44-24-21-29(22-25-44)37(45)23-26-49/h3-20,23,26-29H,21-22,24-25H2,1-2H3/p+1. The van der Waals surface area contributed by atoms with E-state index in [0.29, 0.717) is 29.7 Å². The molecular weight excluding hydrogens is 663 g/mol. The SMILES string of the molecule is CN(c1ccccc1)c1ccc2c(-c3ccccc3S(=O)(=O)N3CCC(C(=O)/C=C/S)CC3)c3ccc(=[N+](C)c4ccccc4)cc-3oc2c1.